The third-order valence-corrected chi connectivity index (χ3v) is 4.65. The van der Waals surface area contributed by atoms with Crippen LogP contribution >= 0.6 is 11.6 Å². The summed E-state index contributed by atoms with van der Waals surface area (Å²) < 4.78 is 0. The van der Waals surface area contributed by atoms with Crippen LogP contribution in [0.4, 0.5) is 11.4 Å². The van der Waals surface area contributed by atoms with Crippen LogP contribution in [0.15, 0.2) is 42.5 Å². The highest BCUT2D eigenvalue weighted by atomic mass is 35.5. The third kappa shape index (κ3) is 3.58. The van der Waals surface area contributed by atoms with Gasteiger partial charge in [-0.2, -0.15) is 0 Å². The van der Waals surface area contributed by atoms with Crippen LogP contribution in [0.1, 0.15) is 15.9 Å². The molecule has 0 unspecified atom stereocenters. The highest BCUT2D eigenvalue weighted by Crippen LogP contribution is 2.31. The van der Waals surface area contributed by atoms with E-state index < -0.39 is 4.92 Å². The highest BCUT2D eigenvalue weighted by Gasteiger charge is 2.26. The number of benzene rings is 2. The second-order valence-electron chi connectivity index (χ2n) is 5.98. The van der Waals surface area contributed by atoms with Gasteiger partial charge in [-0.15, -0.1) is 0 Å². The van der Waals surface area contributed by atoms with Crippen molar-refractivity contribution in [3.05, 3.63) is 68.7 Å². The molecule has 1 amide bonds. The Labute approximate surface area is 150 Å². The van der Waals surface area contributed by atoms with Crippen LogP contribution in [0.3, 0.4) is 0 Å². The molecule has 6 nitrogen and oxygen atoms in total. The highest BCUT2D eigenvalue weighted by molar-refractivity contribution is 6.30. The zero-order valence-corrected chi connectivity index (χ0v) is 14.6. The summed E-state index contributed by atoms with van der Waals surface area (Å²) in [5.41, 5.74) is 2.18. The molecular formula is C18H18ClN3O3. The minimum Gasteiger partial charge on any atom is -0.362 e. The minimum atomic E-state index is -0.425. The van der Waals surface area contributed by atoms with Crippen molar-refractivity contribution in [2.45, 2.75) is 6.92 Å². The second kappa shape index (κ2) is 7.11. The monoisotopic (exact) mass is 359 g/mol. The Morgan fingerprint density at radius 1 is 1.12 bits per heavy atom. The number of halogens is 1. The number of carbonyl (C=O) groups excluding carboxylic acids is 1. The van der Waals surface area contributed by atoms with Crippen LogP contribution in [0, 0.1) is 17.0 Å². The summed E-state index contributed by atoms with van der Waals surface area (Å²) in [7, 11) is 0. The average Bonchev–Trinajstić information content (AvgIpc) is 2.61. The molecule has 25 heavy (non-hydrogen) atoms. The number of aryl methyl sites for hydroxylation is 1. The van der Waals surface area contributed by atoms with Gasteiger partial charge in [-0.05, 0) is 30.7 Å². The van der Waals surface area contributed by atoms with Gasteiger partial charge in [0, 0.05) is 42.8 Å². The molecular weight excluding hydrogens is 342 g/mol. The number of hydrogen-bond donors (Lipinski definition) is 0. The van der Waals surface area contributed by atoms with E-state index >= 15 is 0 Å². The Morgan fingerprint density at radius 2 is 1.80 bits per heavy atom. The van der Waals surface area contributed by atoms with Crippen LogP contribution in [0.5, 0.6) is 0 Å². The smallest absolute Gasteiger partial charge is 0.294 e. The fraction of sp³-hybridized carbons (Fsp3) is 0.278. The number of amides is 1. The molecule has 1 saturated heterocycles. The van der Waals surface area contributed by atoms with Gasteiger partial charge in [0.25, 0.3) is 11.6 Å². The Balaban J connectivity index is 1.74. The fourth-order valence-corrected chi connectivity index (χ4v) is 3.21. The van der Waals surface area contributed by atoms with E-state index in [2.05, 4.69) is 0 Å². The minimum absolute atomic E-state index is 0.00311. The van der Waals surface area contributed by atoms with E-state index in [1.54, 1.807) is 17.0 Å². The van der Waals surface area contributed by atoms with E-state index in [0.717, 1.165) is 5.56 Å². The van der Waals surface area contributed by atoms with Gasteiger partial charge in [-0.1, -0.05) is 29.8 Å². The normalized spacial score (nSPS) is 14.5. The molecule has 7 heteroatoms. The van der Waals surface area contributed by atoms with Gasteiger partial charge in [0.15, 0.2) is 0 Å². The predicted octanol–water partition coefficient (Wildman–Crippen LogP) is 3.52. The first-order valence-corrected chi connectivity index (χ1v) is 8.39. The van der Waals surface area contributed by atoms with Crippen molar-refractivity contribution < 1.29 is 9.72 Å². The van der Waals surface area contributed by atoms with Gasteiger partial charge in [-0.25, -0.2) is 0 Å². The summed E-state index contributed by atoms with van der Waals surface area (Å²) in [6, 6.07) is 12.2. The van der Waals surface area contributed by atoms with Gasteiger partial charge in [0.05, 0.1) is 4.92 Å². The summed E-state index contributed by atoms with van der Waals surface area (Å²) in [5.74, 6) is 0.00311. The van der Waals surface area contributed by atoms with Crippen molar-refractivity contribution in [2.24, 2.45) is 0 Å². The van der Waals surface area contributed by atoms with Crippen LogP contribution < -0.4 is 4.90 Å². The number of carbonyl (C=O) groups is 1. The average molecular weight is 360 g/mol. The van der Waals surface area contributed by atoms with Crippen molar-refractivity contribution >= 4 is 28.9 Å². The molecule has 1 fully saturated rings. The van der Waals surface area contributed by atoms with Crippen LogP contribution in [0.2, 0.25) is 5.02 Å². The number of piperazine rings is 1. The summed E-state index contributed by atoms with van der Waals surface area (Å²) in [4.78, 5) is 27.2. The SMILES string of the molecule is Cc1ccccc1C(=O)N1CCN(c2ccc(Cl)cc2[N+](=O)[O-])CC1. The van der Waals surface area contributed by atoms with Crippen molar-refractivity contribution in [3.63, 3.8) is 0 Å². The molecule has 1 heterocycles. The molecule has 0 radical (unpaired) electrons. The molecule has 2 aromatic carbocycles. The maximum atomic E-state index is 12.7. The fourth-order valence-electron chi connectivity index (χ4n) is 3.04. The van der Waals surface area contributed by atoms with E-state index in [1.165, 1.54) is 6.07 Å². The van der Waals surface area contributed by atoms with Crippen molar-refractivity contribution in [3.8, 4) is 0 Å². The summed E-state index contributed by atoms with van der Waals surface area (Å²) >= 11 is 5.87. The van der Waals surface area contributed by atoms with Gasteiger partial charge < -0.3 is 9.80 Å². The number of nitro groups is 1. The van der Waals surface area contributed by atoms with Gasteiger partial charge in [0.1, 0.15) is 5.69 Å². The molecule has 0 atom stereocenters. The summed E-state index contributed by atoms with van der Waals surface area (Å²) in [6.45, 7) is 4.04. The summed E-state index contributed by atoms with van der Waals surface area (Å²) in [5, 5.41) is 11.6. The zero-order valence-electron chi connectivity index (χ0n) is 13.8. The van der Waals surface area contributed by atoms with Crippen LogP contribution in [-0.4, -0.2) is 41.9 Å². The van der Waals surface area contributed by atoms with Gasteiger partial charge in [-0.3, -0.25) is 14.9 Å². The quantitative estimate of drug-likeness (QED) is 0.621. The van der Waals surface area contributed by atoms with E-state index in [0.29, 0.717) is 42.5 Å². The molecule has 0 spiro atoms. The van der Waals surface area contributed by atoms with Crippen molar-refractivity contribution in [2.75, 3.05) is 31.1 Å². The Bertz CT molecular complexity index is 817. The molecule has 0 N–H and O–H groups in total. The first kappa shape index (κ1) is 17.2. The molecule has 3 rings (SSSR count). The third-order valence-electron chi connectivity index (χ3n) is 4.42. The molecule has 130 valence electrons. The van der Waals surface area contributed by atoms with E-state index in [4.69, 9.17) is 11.6 Å². The Hall–Kier alpha value is -2.60. The van der Waals surface area contributed by atoms with E-state index in [9.17, 15) is 14.9 Å². The van der Waals surface area contributed by atoms with Gasteiger partial charge >= 0.3 is 0 Å². The van der Waals surface area contributed by atoms with Crippen molar-refractivity contribution in [1.29, 1.82) is 0 Å². The second-order valence-corrected chi connectivity index (χ2v) is 6.42. The molecule has 0 saturated carbocycles. The standard InChI is InChI=1S/C18H18ClN3O3/c1-13-4-2-3-5-15(13)18(23)21-10-8-20(9-11-21)16-7-6-14(19)12-17(16)22(24)25/h2-7,12H,8-11H2,1H3. The number of rotatable bonds is 3. The topological polar surface area (TPSA) is 66.7 Å². The summed E-state index contributed by atoms with van der Waals surface area (Å²) in [6.07, 6.45) is 0. The maximum absolute atomic E-state index is 12.7. The number of hydrogen-bond acceptors (Lipinski definition) is 4. The molecule has 1 aliphatic rings. The molecule has 1 aliphatic heterocycles. The Kier molecular flexibility index (Phi) is 4.90. The molecule has 2 aromatic rings. The Morgan fingerprint density at radius 3 is 2.44 bits per heavy atom. The largest absolute Gasteiger partial charge is 0.362 e. The zero-order chi connectivity index (χ0) is 18.0. The number of nitrogens with zero attached hydrogens (tertiary/aromatic N) is 3. The van der Waals surface area contributed by atoms with Crippen LogP contribution in [0.25, 0.3) is 0 Å². The lowest BCUT2D eigenvalue weighted by Crippen LogP contribution is -2.49. The van der Waals surface area contributed by atoms with Crippen LogP contribution in [-0.2, 0) is 0 Å². The first-order chi connectivity index (χ1) is 12.0. The lowest BCUT2D eigenvalue weighted by molar-refractivity contribution is -0.384. The van der Waals surface area contributed by atoms with E-state index in [1.807, 2.05) is 36.1 Å². The molecule has 0 aliphatic carbocycles. The number of nitro benzene ring substituents is 1. The lowest BCUT2D eigenvalue weighted by atomic mass is 10.1. The van der Waals surface area contributed by atoms with Crippen molar-refractivity contribution in [1.82, 2.24) is 4.90 Å². The number of anilines is 1. The molecule has 0 bridgehead atoms. The molecule has 0 aromatic heterocycles. The first-order valence-electron chi connectivity index (χ1n) is 8.01. The maximum Gasteiger partial charge on any atom is 0.294 e. The van der Waals surface area contributed by atoms with E-state index in [-0.39, 0.29) is 11.6 Å². The predicted molar refractivity (Wildman–Crippen MR) is 97.4 cm³/mol. The lowest BCUT2D eigenvalue weighted by Gasteiger charge is -2.36. The van der Waals surface area contributed by atoms with Gasteiger partial charge in [0.2, 0.25) is 0 Å².